The zero-order chi connectivity index (χ0) is 15.2. The van der Waals surface area contributed by atoms with Crippen molar-refractivity contribution in [1.82, 2.24) is 10.2 Å². The summed E-state index contributed by atoms with van der Waals surface area (Å²) in [4.78, 5) is 2.41. The van der Waals surface area contributed by atoms with Crippen LogP contribution in [-0.2, 0) is 0 Å². The van der Waals surface area contributed by atoms with Crippen LogP contribution >= 0.6 is 0 Å². The highest BCUT2D eigenvalue weighted by Crippen LogP contribution is 2.37. The van der Waals surface area contributed by atoms with Crippen molar-refractivity contribution in [3.05, 3.63) is 35.4 Å². The largest absolute Gasteiger partial charge is 0.308 e. The number of benzene rings is 1. The van der Waals surface area contributed by atoms with E-state index < -0.39 is 0 Å². The Bertz CT molecular complexity index is 394. The van der Waals surface area contributed by atoms with E-state index in [1.165, 1.54) is 17.5 Å². The minimum absolute atomic E-state index is 0.168. The predicted octanol–water partition coefficient (Wildman–Crippen LogP) is 4.16. The number of nitrogens with zero attached hydrogens (tertiary/aromatic N) is 1. The molecule has 0 amide bonds. The lowest BCUT2D eigenvalue weighted by atomic mass is 9.78. The van der Waals surface area contributed by atoms with E-state index in [1.807, 2.05) is 0 Å². The number of likely N-dealkylation sites (N-methyl/N-ethyl adjacent to an activating group) is 1. The van der Waals surface area contributed by atoms with E-state index >= 15 is 0 Å². The van der Waals surface area contributed by atoms with E-state index in [9.17, 15) is 0 Å². The van der Waals surface area contributed by atoms with Gasteiger partial charge < -0.3 is 10.2 Å². The number of rotatable bonds is 8. The third kappa shape index (κ3) is 3.42. The molecule has 0 aliphatic carbocycles. The Morgan fingerprint density at radius 3 is 2.15 bits per heavy atom. The predicted molar refractivity (Wildman–Crippen MR) is 89.2 cm³/mol. The van der Waals surface area contributed by atoms with Gasteiger partial charge in [-0.15, -0.1) is 0 Å². The second-order valence-electron chi connectivity index (χ2n) is 5.95. The number of nitrogens with one attached hydrogen (secondary N) is 1. The van der Waals surface area contributed by atoms with Crippen molar-refractivity contribution in [2.24, 2.45) is 0 Å². The van der Waals surface area contributed by atoms with Gasteiger partial charge in [-0.3, -0.25) is 0 Å². The van der Waals surface area contributed by atoms with Crippen LogP contribution in [0, 0.1) is 6.92 Å². The van der Waals surface area contributed by atoms with Gasteiger partial charge >= 0.3 is 0 Å². The summed E-state index contributed by atoms with van der Waals surface area (Å²) in [5.74, 6) is 0. The summed E-state index contributed by atoms with van der Waals surface area (Å²) in [6.07, 6.45) is 3.46. The number of aryl methyl sites for hydroxylation is 1. The van der Waals surface area contributed by atoms with Gasteiger partial charge in [0.05, 0.1) is 6.04 Å². The van der Waals surface area contributed by atoms with Crippen molar-refractivity contribution in [3.63, 3.8) is 0 Å². The Hall–Kier alpha value is -0.860. The minimum Gasteiger partial charge on any atom is -0.308 e. The number of hydrogen-bond acceptors (Lipinski definition) is 2. The van der Waals surface area contributed by atoms with Crippen LogP contribution in [-0.4, -0.2) is 31.1 Å². The molecule has 0 bridgehead atoms. The molecule has 0 aliphatic heterocycles. The lowest BCUT2D eigenvalue weighted by molar-refractivity contribution is 0.0878. The zero-order valence-electron chi connectivity index (χ0n) is 14.2. The van der Waals surface area contributed by atoms with Gasteiger partial charge in [-0.05, 0) is 58.0 Å². The molecule has 0 aromatic heterocycles. The van der Waals surface area contributed by atoms with E-state index in [0.717, 1.165) is 19.4 Å². The van der Waals surface area contributed by atoms with E-state index in [-0.39, 0.29) is 5.54 Å². The second-order valence-corrected chi connectivity index (χ2v) is 5.95. The van der Waals surface area contributed by atoms with Gasteiger partial charge in [-0.1, -0.05) is 45.0 Å². The van der Waals surface area contributed by atoms with Gasteiger partial charge in [-0.2, -0.15) is 0 Å². The third-order valence-corrected chi connectivity index (χ3v) is 4.75. The standard InChI is InChI=1S/C18H32N2/c1-7-14-19-17(16-13-11-10-12-15(16)4)18(8-2,9-3)20(5)6/h10-13,17,19H,7-9,14H2,1-6H3. The van der Waals surface area contributed by atoms with Gasteiger partial charge in [0.2, 0.25) is 0 Å². The van der Waals surface area contributed by atoms with Crippen molar-refractivity contribution in [3.8, 4) is 0 Å². The van der Waals surface area contributed by atoms with Crippen molar-refractivity contribution >= 4 is 0 Å². The van der Waals surface area contributed by atoms with Gasteiger partial charge in [-0.25, -0.2) is 0 Å². The Labute approximate surface area is 125 Å². The molecular weight excluding hydrogens is 244 g/mol. The summed E-state index contributed by atoms with van der Waals surface area (Å²) in [7, 11) is 4.43. The molecule has 1 unspecified atom stereocenters. The van der Waals surface area contributed by atoms with E-state index in [0.29, 0.717) is 6.04 Å². The molecule has 0 spiro atoms. The van der Waals surface area contributed by atoms with Gasteiger partial charge in [0.25, 0.3) is 0 Å². The van der Waals surface area contributed by atoms with E-state index in [2.05, 4.69) is 76.3 Å². The van der Waals surface area contributed by atoms with Gasteiger partial charge in [0, 0.05) is 5.54 Å². The SMILES string of the molecule is CCCNC(c1ccccc1C)C(CC)(CC)N(C)C. The van der Waals surface area contributed by atoms with Crippen molar-refractivity contribution in [2.75, 3.05) is 20.6 Å². The second kappa shape index (κ2) is 7.80. The van der Waals surface area contributed by atoms with Crippen LogP contribution in [0.5, 0.6) is 0 Å². The van der Waals surface area contributed by atoms with Crippen molar-refractivity contribution < 1.29 is 0 Å². The van der Waals surface area contributed by atoms with Crippen LogP contribution < -0.4 is 5.32 Å². The Morgan fingerprint density at radius 1 is 1.10 bits per heavy atom. The average Bonchev–Trinajstić information content (AvgIpc) is 2.44. The molecule has 20 heavy (non-hydrogen) atoms. The highest BCUT2D eigenvalue weighted by Gasteiger charge is 2.38. The molecule has 2 heteroatoms. The maximum atomic E-state index is 3.81. The molecule has 2 nitrogen and oxygen atoms in total. The Kier molecular flexibility index (Phi) is 6.70. The van der Waals surface area contributed by atoms with Gasteiger partial charge in [0.1, 0.15) is 0 Å². The molecule has 1 aromatic rings. The lowest BCUT2D eigenvalue weighted by Gasteiger charge is -2.46. The fourth-order valence-electron chi connectivity index (χ4n) is 3.34. The summed E-state index contributed by atoms with van der Waals surface area (Å²) >= 11 is 0. The minimum atomic E-state index is 0.168. The normalized spacial score (nSPS) is 13.8. The molecule has 1 aromatic carbocycles. The first kappa shape index (κ1) is 17.2. The smallest absolute Gasteiger partial charge is 0.0509 e. The average molecular weight is 276 g/mol. The molecule has 0 aliphatic rings. The molecule has 0 heterocycles. The topological polar surface area (TPSA) is 15.3 Å². The summed E-state index contributed by atoms with van der Waals surface area (Å²) in [5, 5.41) is 3.81. The van der Waals surface area contributed by atoms with Crippen LogP contribution in [0.3, 0.4) is 0 Å². The highest BCUT2D eigenvalue weighted by atomic mass is 15.2. The molecule has 1 rings (SSSR count). The molecular formula is C18H32N2. The Morgan fingerprint density at radius 2 is 1.70 bits per heavy atom. The first-order chi connectivity index (χ1) is 9.53. The van der Waals surface area contributed by atoms with Crippen LogP contribution in [0.15, 0.2) is 24.3 Å². The molecule has 1 atom stereocenters. The monoisotopic (exact) mass is 276 g/mol. The van der Waals surface area contributed by atoms with Gasteiger partial charge in [0.15, 0.2) is 0 Å². The summed E-state index contributed by atoms with van der Waals surface area (Å²) in [5.41, 5.74) is 2.99. The fraction of sp³-hybridized carbons (Fsp3) is 0.667. The van der Waals surface area contributed by atoms with Crippen molar-refractivity contribution in [2.45, 2.75) is 58.5 Å². The van der Waals surface area contributed by atoms with Crippen molar-refractivity contribution in [1.29, 1.82) is 0 Å². The first-order valence-corrected chi connectivity index (χ1v) is 7.99. The summed E-state index contributed by atoms with van der Waals surface area (Å²) < 4.78 is 0. The fourth-order valence-corrected chi connectivity index (χ4v) is 3.34. The molecule has 114 valence electrons. The zero-order valence-corrected chi connectivity index (χ0v) is 14.2. The highest BCUT2D eigenvalue weighted by molar-refractivity contribution is 5.31. The maximum Gasteiger partial charge on any atom is 0.0509 e. The molecule has 0 saturated heterocycles. The molecule has 1 N–H and O–H groups in total. The first-order valence-electron chi connectivity index (χ1n) is 7.99. The van der Waals surface area contributed by atoms with Crippen LogP contribution in [0.25, 0.3) is 0 Å². The molecule has 0 fully saturated rings. The lowest BCUT2D eigenvalue weighted by Crippen LogP contribution is -2.53. The quantitative estimate of drug-likeness (QED) is 0.767. The number of hydrogen-bond donors (Lipinski definition) is 1. The van der Waals surface area contributed by atoms with Crippen LogP contribution in [0.4, 0.5) is 0 Å². The maximum absolute atomic E-state index is 3.81. The molecule has 0 radical (unpaired) electrons. The van der Waals surface area contributed by atoms with Crippen LogP contribution in [0.2, 0.25) is 0 Å². The van der Waals surface area contributed by atoms with E-state index in [4.69, 9.17) is 0 Å². The molecule has 0 saturated carbocycles. The summed E-state index contributed by atoms with van der Waals surface area (Å²) in [6, 6.07) is 9.18. The summed E-state index contributed by atoms with van der Waals surface area (Å²) in [6.45, 7) is 10.1. The van der Waals surface area contributed by atoms with E-state index in [1.54, 1.807) is 0 Å². The Balaban J connectivity index is 3.26. The van der Waals surface area contributed by atoms with Crippen LogP contribution in [0.1, 0.15) is 57.2 Å². The third-order valence-electron chi connectivity index (χ3n) is 4.75.